The molecule has 13 heavy (non-hydrogen) atoms. The van der Waals surface area contributed by atoms with Crippen LogP contribution in [0.15, 0.2) is 24.3 Å². The van der Waals surface area contributed by atoms with Crippen LogP contribution in [0.1, 0.15) is 0 Å². The van der Waals surface area contributed by atoms with E-state index in [0.29, 0.717) is 5.75 Å². The predicted molar refractivity (Wildman–Crippen MR) is 47.8 cm³/mol. The van der Waals surface area contributed by atoms with E-state index >= 15 is 0 Å². The average molecular weight is 304 g/mol. The third kappa shape index (κ3) is 3.71. The summed E-state index contributed by atoms with van der Waals surface area (Å²) >= 11 is 1.63. The minimum Gasteiger partial charge on any atom is -0.428 e. The Morgan fingerprint density at radius 2 is 1.46 bits per heavy atom. The molecular formula is C7H4F3IO2. The van der Waals surface area contributed by atoms with Gasteiger partial charge in [0.25, 0.3) is 0 Å². The Balaban J connectivity index is 2.70. The van der Waals surface area contributed by atoms with E-state index in [0.717, 1.165) is 0 Å². The molecule has 0 saturated carbocycles. The van der Waals surface area contributed by atoms with Crippen molar-refractivity contribution in [3.05, 3.63) is 24.3 Å². The van der Waals surface area contributed by atoms with Gasteiger partial charge in [-0.05, 0) is 24.3 Å². The van der Waals surface area contributed by atoms with Crippen molar-refractivity contribution in [3.63, 3.8) is 0 Å². The molecule has 0 N–H and O–H groups in total. The Morgan fingerprint density at radius 1 is 1.00 bits per heavy atom. The lowest BCUT2D eigenvalue weighted by Crippen LogP contribution is -2.16. The van der Waals surface area contributed by atoms with Gasteiger partial charge in [-0.1, -0.05) is 0 Å². The maximum atomic E-state index is 11.7. The van der Waals surface area contributed by atoms with Gasteiger partial charge in [0.05, 0.1) is 0 Å². The SMILES string of the molecule is FC(F)(F)Oc1ccc(OI)cc1. The van der Waals surface area contributed by atoms with E-state index < -0.39 is 6.36 Å². The number of alkyl halides is 3. The van der Waals surface area contributed by atoms with Crippen molar-refractivity contribution in [1.82, 2.24) is 0 Å². The van der Waals surface area contributed by atoms with E-state index in [4.69, 9.17) is 3.07 Å². The van der Waals surface area contributed by atoms with Crippen molar-refractivity contribution >= 4 is 23.0 Å². The topological polar surface area (TPSA) is 18.5 Å². The number of hydrogen-bond donors (Lipinski definition) is 0. The minimum absolute atomic E-state index is 0.260. The second kappa shape index (κ2) is 4.03. The summed E-state index contributed by atoms with van der Waals surface area (Å²) in [7, 11) is 0. The normalized spacial score (nSPS) is 11.1. The fourth-order valence-electron chi connectivity index (χ4n) is 0.693. The van der Waals surface area contributed by atoms with Crippen LogP contribution in [0.25, 0.3) is 0 Å². The molecule has 0 bridgehead atoms. The number of hydrogen-bond acceptors (Lipinski definition) is 2. The van der Waals surface area contributed by atoms with Gasteiger partial charge in [0.2, 0.25) is 0 Å². The lowest BCUT2D eigenvalue weighted by molar-refractivity contribution is -0.274. The third-order valence-corrected chi connectivity index (χ3v) is 1.65. The van der Waals surface area contributed by atoms with Gasteiger partial charge < -0.3 is 7.80 Å². The molecule has 2 nitrogen and oxygen atoms in total. The maximum Gasteiger partial charge on any atom is 0.573 e. The molecule has 0 aliphatic rings. The first kappa shape index (κ1) is 10.4. The van der Waals surface area contributed by atoms with Crippen LogP contribution >= 0.6 is 23.0 Å². The van der Waals surface area contributed by atoms with E-state index in [1.54, 1.807) is 23.0 Å². The first-order valence-corrected chi connectivity index (χ1v) is 4.04. The molecule has 0 aliphatic heterocycles. The average Bonchev–Trinajstić information content (AvgIpc) is 2.03. The summed E-state index contributed by atoms with van der Waals surface area (Å²) in [5.41, 5.74) is 0. The standard InChI is InChI=1S/C7H4F3IO2/c8-7(9,10)12-5-1-3-6(13-11)4-2-5/h1-4H. The smallest absolute Gasteiger partial charge is 0.428 e. The summed E-state index contributed by atoms with van der Waals surface area (Å²) in [6.45, 7) is 0. The monoisotopic (exact) mass is 304 g/mol. The fraction of sp³-hybridized carbons (Fsp3) is 0.143. The van der Waals surface area contributed by atoms with Gasteiger partial charge in [-0.2, -0.15) is 0 Å². The summed E-state index contributed by atoms with van der Waals surface area (Å²) < 4.78 is 43.4. The van der Waals surface area contributed by atoms with Crippen LogP contribution < -0.4 is 7.80 Å². The lowest BCUT2D eigenvalue weighted by Gasteiger charge is -2.08. The molecule has 0 saturated heterocycles. The van der Waals surface area contributed by atoms with E-state index in [1.165, 1.54) is 24.3 Å². The van der Waals surface area contributed by atoms with E-state index in [-0.39, 0.29) is 5.75 Å². The van der Waals surface area contributed by atoms with E-state index in [9.17, 15) is 13.2 Å². The summed E-state index contributed by atoms with van der Waals surface area (Å²) in [5, 5.41) is 0. The molecule has 0 heterocycles. The minimum atomic E-state index is -4.65. The number of ether oxygens (including phenoxy) is 1. The van der Waals surface area contributed by atoms with Crippen LogP contribution in [0.3, 0.4) is 0 Å². The highest BCUT2D eigenvalue weighted by Crippen LogP contribution is 2.25. The van der Waals surface area contributed by atoms with Gasteiger partial charge in [-0.3, -0.25) is 0 Å². The van der Waals surface area contributed by atoms with E-state index in [1.807, 2.05) is 0 Å². The second-order valence-electron chi connectivity index (χ2n) is 2.10. The van der Waals surface area contributed by atoms with Gasteiger partial charge in [0.1, 0.15) is 11.5 Å². The molecule has 1 rings (SSSR count). The van der Waals surface area contributed by atoms with Crippen LogP contribution in [-0.2, 0) is 0 Å². The zero-order valence-corrected chi connectivity index (χ0v) is 8.30. The van der Waals surface area contributed by atoms with Crippen LogP contribution in [0.5, 0.6) is 11.5 Å². The van der Waals surface area contributed by atoms with Crippen molar-refractivity contribution in [2.75, 3.05) is 0 Å². The Bertz CT molecular complexity index is 270. The Labute approximate surface area is 86.3 Å². The summed E-state index contributed by atoms with van der Waals surface area (Å²) in [6, 6.07) is 5.13. The highest BCUT2D eigenvalue weighted by atomic mass is 127. The summed E-state index contributed by atoms with van der Waals surface area (Å²) in [6.07, 6.45) is -4.65. The van der Waals surface area contributed by atoms with Crippen LogP contribution in [0.2, 0.25) is 0 Å². The van der Waals surface area contributed by atoms with Gasteiger partial charge in [-0.15, -0.1) is 13.2 Å². The molecule has 0 aromatic heterocycles. The molecule has 0 unspecified atom stereocenters. The molecule has 0 spiro atoms. The number of benzene rings is 1. The molecule has 1 aromatic carbocycles. The van der Waals surface area contributed by atoms with Crippen molar-refractivity contribution in [2.24, 2.45) is 0 Å². The molecule has 0 radical (unpaired) electrons. The second-order valence-corrected chi connectivity index (χ2v) is 2.54. The largest absolute Gasteiger partial charge is 0.573 e. The van der Waals surface area contributed by atoms with Crippen molar-refractivity contribution in [1.29, 1.82) is 0 Å². The number of rotatable bonds is 2. The van der Waals surface area contributed by atoms with E-state index in [2.05, 4.69) is 4.74 Å². The van der Waals surface area contributed by atoms with Crippen LogP contribution in [0.4, 0.5) is 13.2 Å². The van der Waals surface area contributed by atoms with Crippen molar-refractivity contribution in [3.8, 4) is 11.5 Å². The first-order chi connectivity index (χ1) is 6.01. The summed E-state index contributed by atoms with van der Waals surface area (Å²) in [5.74, 6) is 0.208. The molecule has 0 fully saturated rings. The molecule has 1 aromatic rings. The van der Waals surface area contributed by atoms with Gasteiger partial charge in [-0.25, -0.2) is 0 Å². The molecule has 0 aliphatic carbocycles. The van der Waals surface area contributed by atoms with Crippen molar-refractivity contribution in [2.45, 2.75) is 6.36 Å². The van der Waals surface area contributed by atoms with Gasteiger partial charge >= 0.3 is 6.36 Å². The molecular weight excluding hydrogens is 300 g/mol. The third-order valence-electron chi connectivity index (χ3n) is 1.15. The molecule has 72 valence electrons. The van der Waals surface area contributed by atoms with Crippen LogP contribution in [-0.4, -0.2) is 6.36 Å². The highest BCUT2D eigenvalue weighted by Gasteiger charge is 2.30. The maximum absolute atomic E-state index is 11.7. The zero-order chi connectivity index (χ0) is 9.90. The molecule has 0 atom stereocenters. The highest BCUT2D eigenvalue weighted by molar-refractivity contribution is 14.1. The zero-order valence-electron chi connectivity index (χ0n) is 6.14. The molecule has 0 amide bonds. The fourth-order valence-corrected chi connectivity index (χ4v) is 0.986. The quantitative estimate of drug-likeness (QED) is 0.780. The van der Waals surface area contributed by atoms with Gasteiger partial charge in [0, 0.05) is 0 Å². The number of halogens is 4. The Morgan fingerprint density at radius 3 is 1.85 bits per heavy atom. The first-order valence-electron chi connectivity index (χ1n) is 3.15. The van der Waals surface area contributed by atoms with Gasteiger partial charge in [0.15, 0.2) is 23.0 Å². The Hall–Kier alpha value is -0.660. The van der Waals surface area contributed by atoms with Crippen molar-refractivity contribution < 1.29 is 21.0 Å². The summed E-state index contributed by atoms with van der Waals surface area (Å²) in [4.78, 5) is 0. The van der Waals surface area contributed by atoms with Crippen LogP contribution in [0, 0.1) is 0 Å². The Kier molecular flexibility index (Phi) is 3.23. The molecule has 6 heteroatoms. The predicted octanol–water partition coefficient (Wildman–Crippen LogP) is 3.31. The lowest BCUT2D eigenvalue weighted by atomic mass is 10.3.